The van der Waals surface area contributed by atoms with E-state index in [1.165, 1.54) is 24.2 Å². The Kier molecular flexibility index (Phi) is 3.10. The molecule has 0 aliphatic rings. The molecule has 0 radical (unpaired) electrons. The number of fused-ring (bicyclic) bond motifs is 1. The number of carbonyl (C=O) groups is 1. The molecule has 94 valence electrons. The van der Waals surface area contributed by atoms with E-state index in [0.717, 1.165) is 12.1 Å². The van der Waals surface area contributed by atoms with E-state index in [1.807, 2.05) is 0 Å². The Bertz CT molecular complexity index is 616. The summed E-state index contributed by atoms with van der Waals surface area (Å²) in [6.45, 7) is -0.301. The van der Waals surface area contributed by atoms with E-state index in [-0.39, 0.29) is 23.1 Å². The quantitative estimate of drug-likeness (QED) is 0.908. The lowest BCUT2D eigenvalue weighted by molar-refractivity contribution is -0.135. The van der Waals surface area contributed by atoms with Gasteiger partial charge in [0.05, 0.1) is 0 Å². The van der Waals surface area contributed by atoms with Crippen molar-refractivity contribution in [1.29, 1.82) is 0 Å². The molecule has 4 nitrogen and oxygen atoms in total. The van der Waals surface area contributed by atoms with Gasteiger partial charge < -0.3 is 10.0 Å². The first-order valence-corrected chi connectivity index (χ1v) is 5.15. The lowest BCUT2D eigenvalue weighted by atomic mass is 10.1. The number of carboxylic acid groups (broad SMARTS) is 1. The van der Waals surface area contributed by atoms with Crippen molar-refractivity contribution in [2.75, 3.05) is 18.5 Å². The van der Waals surface area contributed by atoms with E-state index >= 15 is 0 Å². The van der Waals surface area contributed by atoms with Gasteiger partial charge in [-0.1, -0.05) is 0 Å². The lowest BCUT2D eigenvalue weighted by Gasteiger charge is -2.17. The maximum absolute atomic E-state index is 13.6. The third-order valence-electron chi connectivity index (χ3n) is 2.51. The summed E-state index contributed by atoms with van der Waals surface area (Å²) in [5.74, 6) is -2.24. The second kappa shape index (κ2) is 4.56. The number of aromatic nitrogens is 1. The fourth-order valence-electron chi connectivity index (χ4n) is 1.77. The van der Waals surface area contributed by atoms with Gasteiger partial charge in [0, 0.05) is 30.1 Å². The van der Waals surface area contributed by atoms with Gasteiger partial charge >= 0.3 is 5.97 Å². The van der Waals surface area contributed by atoms with Crippen molar-refractivity contribution in [2.24, 2.45) is 0 Å². The first kappa shape index (κ1) is 12.2. The van der Waals surface area contributed by atoms with Gasteiger partial charge in [-0.15, -0.1) is 0 Å². The molecule has 1 aromatic carbocycles. The molecule has 2 aromatic rings. The van der Waals surface area contributed by atoms with Crippen molar-refractivity contribution in [3.63, 3.8) is 0 Å². The number of anilines is 1. The highest BCUT2D eigenvalue weighted by Gasteiger charge is 2.13. The highest BCUT2D eigenvalue weighted by molar-refractivity contribution is 5.93. The van der Waals surface area contributed by atoms with Crippen molar-refractivity contribution in [3.8, 4) is 0 Å². The Morgan fingerprint density at radius 1 is 1.39 bits per heavy atom. The van der Waals surface area contributed by atoms with Crippen LogP contribution in [0.5, 0.6) is 0 Å². The second-order valence-corrected chi connectivity index (χ2v) is 3.87. The molecule has 0 saturated carbocycles. The largest absolute Gasteiger partial charge is 0.480 e. The van der Waals surface area contributed by atoms with Crippen molar-refractivity contribution in [2.45, 2.75) is 0 Å². The van der Waals surface area contributed by atoms with Crippen molar-refractivity contribution in [1.82, 2.24) is 4.98 Å². The summed E-state index contributed by atoms with van der Waals surface area (Å²) >= 11 is 0. The number of aliphatic carboxylic acids is 1. The van der Waals surface area contributed by atoms with Crippen LogP contribution in [0.15, 0.2) is 24.4 Å². The molecule has 0 aliphatic carbocycles. The van der Waals surface area contributed by atoms with E-state index in [0.29, 0.717) is 0 Å². The molecule has 0 atom stereocenters. The van der Waals surface area contributed by atoms with Gasteiger partial charge in [-0.3, -0.25) is 4.79 Å². The molecule has 18 heavy (non-hydrogen) atoms. The summed E-state index contributed by atoms with van der Waals surface area (Å²) in [7, 11) is 1.50. The standard InChI is InChI=1S/C12H10F2N2O2/c1-16(6-11(17)18)12-9-4-7(13)5-10(14)8(9)2-3-15-12/h2-5H,6H2,1H3,(H,17,18). The van der Waals surface area contributed by atoms with E-state index in [4.69, 9.17) is 5.11 Å². The normalized spacial score (nSPS) is 10.6. The van der Waals surface area contributed by atoms with Crippen LogP contribution in [-0.2, 0) is 4.79 Å². The number of likely N-dealkylation sites (N-methyl/N-ethyl adjacent to an activating group) is 1. The number of rotatable bonds is 3. The van der Waals surface area contributed by atoms with Crippen LogP contribution in [-0.4, -0.2) is 29.7 Å². The van der Waals surface area contributed by atoms with E-state index in [1.54, 1.807) is 0 Å². The average molecular weight is 252 g/mol. The predicted molar refractivity (Wildman–Crippen MR) is 62.6 cm³/mol. The first-order valence-electron chi connectivity index (χ1n) is 5.15. The van der Waals surface area contributed by atoms with Crippen LogP contribution in [0, 0.1) is 11.6 Å². The number of hydrogen-bond acceptors (Lipinski definition) is 3. The average Bonchev–Trinajstić information content (AvgIpc) is 2.27. The third kappa shape index (κ3) is 2.22. The zero-order valence-corrected chi connectivity index (χ0v) is 9.52. The molecule has 0 amide bonds. The van der Waals surface area contributed by atoms with Crippen LogP contribution in [0.2, 0.25) is 0 Å². The molecule has 1 heterocycles. The van der Waals surface area contributed by atoms with Gasteiger partial charge in [0.2, 0.25) is 0 Å². The Morgan fingerprint density at radius 2 is 2.11 bits per heavy atom. The van der Waals surface area contributed by atoms with Gasteiger partial charge in [-0.05, 0) is 12.1 Å². The zero-order valence-electron chi connectivity index (χ0n) is 9.52. The summed E-state index contributed by atoms with van der Waals surface area (Å²) < 4.78 is 26.8. The number of benzene rings is 1. The van der Waals surface area contributed by atoms with Crippen molar-refractivity contribution in [3.05, 3.63) is 36.0 Å². The fourth-order valence-corrected chi connectivity index (χ4v) is 1.77. The Hall–Kier alpha value is -2.24. The number of halogens is 2. The van der Waals surface area contributed by atoms with E-state index < -0.39 is 17.6 Å². The monoisotopic (exact) mass is 252 g/mol. The topological polar surface area (TPSA) is 53.4 Å². The lowest BCUT2D eigenvalue weighted by Crippen LogP contribution is -2.26. The molecular formula is C12H10F2N2O2. The molecule has 0 spiro atoms. The summed E-state index contributed by atoms with van der Waals surface area (Å²) in [4.78, 5) is 15.9. The number of pyridine rings is 1. The van der Waals surface area contributed by atoms with Crippen LogP contribution >= 0.6 is 0 Å². The van der Waals surface area contributed by atoms with E-state index in [9.17, 15) is 13.6 Å². The van der Waals surface area contributed by atoms with Gasteiger partial charge in [-0.25, -0.2) is 13.8 Å². The van der Waals surface area contributed by atoms with Crippen molar-refractivity contribution >= 4 is 22.6 Å². The van der Waals surface area contributed by atoms with Crippen LogP contribution in [0.4, 0.5) is 14.6 Å². The summed E-state index contributed by atoms with van der Waals surface area (Å²) in [5, 5.41) is 9.16. The summed E-state index contributed by atoms with van der Waals surface area (Å²) in [5.41, 5.74) is 0. The van der Waals surface area contributed by atoms with Crippen LogP contribution in [0.3, 0.4) is 0 Å². The maximum atomic E-state index is 13.6. The molecule has 2 rings (SSSR count). The Balaban J connectivity index is 2.61. The SMILES string of the molecule is CN(CC(=O)O)c1nccc2c(F)cc(F)cc12. The highest BCUT2D eigenvalue weighted by atomic mass is 19.1. The first-order chi connectivity index (χ1) is 8.49. The highest BCUT2D eigenvalue weighted by Crippen LogP contribution is 2.26. The Labute approximate surface area is 101 Å². The van der Waals surface area contributed by atoms with Crippen molar-refractivity contribution < 1.29 is 18.7 Å². The van der Waals surface area contributed by atoms with Gasteiger partial charge in [-0.2, -0.15) is 0 Å². The maximum Gasteiger partial charge on any atom is 0.323 e. The minimum absolute atomic E-state index is 0.207. The van der Waals surface area contributed by atoms with Crippen LogP contribution in [0.1, 0.15) is 0 Å². The van der Waals surface area contributed by atoms with Gasteiger partial charge in [0.1, 0.15) is 24.0 Å². The summed E-state index contributed by atoms with van der Waals surface area (Å²) in [6, 6.07) is 3.34. The van der Waals surface area contributed by atoms with Crippen LogP contribution < -0.4 is 4.90 Å². The zero-order chi connectivity index (χ0) is 13.3. The van der Waals surface area contributed by atoms with E-state index in [2.05, 4.69) is 4.98 Å². The van der Waals surface area contributed by atoms with Crippen LogP contribution in [0.25, 0.3) is 10.8 Å². The molecule has 0 fully saturated rings. The van der Waals surface area contributed by atoms with Gasteiger partial charge in [0.25, 0.3) is 0 Å². The molecule has 0 unspecified atom stereocenters. The third-order valence-corrected chi connectivity index (χ3v) is 2.51. The molecule has 0 bridgehead atoms. The second-order valence-electron chi connectivity index (χ2n) is 3.87. The number of carboxylic acids is 1. The predicted octanol–water partition coefficient (Wildman–Crippen LogP) is 2.03. The summed E-state index contributed by atoms with van der Waals surface area (Å²) in [6.07, 6.45) is 1.36. The number of hydrogen-bond donors (Lipinski definition) is 1. The molecular weight excluding hydrogens is 242 g/mol. The molecule has 6 heteroatoms. The molecule has 0 aliphatic heterocycles. The molecule has 1 aromatic heterocycles. The minimum atomic E-state index is -1.05. The molecule has 1 N–H and O–H groups in total. The fraction of sp³-hybridized carbons (Fsp3) is 0.167. The van der Waals surface area contributed by atoms with Gasteiger partial charge in [0.15, 0.2) is 0 Å². The minimum Gasteiger partial charge on any atom is -0.480 e. The number of nitrogens with zero attached hydrogens (tertiary/aromatic N) is 2. The Morgan fingerprint density at radius 3 is 2.78 bits per heavy atom. The molecule has 0 saturated heterocycles. The smallest absolute Gasteiger partial charge is 0.323 e.